The fraction of sp³-hybridized carbons (Fsp3) is 0.529. The van der Waals surface area contributed by atoms with Crippen LogP contribution in [0.5, 0.6) is 0 Å². The summed E-state index contributed by atoms with van der Waals surface area (Å²) in [6, 6.07) is 9.30. The molecule has 2 unspecified atom stereocenters. The van der Waals surface area contributed by atoms with Crippen LogP contribution in [0.15, 0.2) is 30.3 Å². The molecule has 126 valence electrons. The maximum Gasteiger partial charge on any atom is 0.317 e. The van der Waals surface area contributed by atoms with E-state index in [2.05, 4.69) is 5.32 Å². The number of benzene rings is 1. The summed E-state index contributed by atoms with van der Waals surface area (Å²) in [7, 11) is 0. The van der Waals surface area contributed by atoms with Crippen molar-refractivity contribution in [1.29, 1.82) is 0 Å². The smallest absolute Gasteiger partial charge is 0.317 e. The van der Waals surface area contributed by atoms with E-state index in [1.165, 1.54) is 0 Å². The zero-order valence-electron chi connectivity index (χ0n) is 13.1. The Kier molecular flexibility index (Phi) is 6.40. The third-order valence-corrected chi connectivity index (χ3v) is 4.16. The second kappa shape index (κ2) is 8.53. The van der Waals surface area contributed by atoms with Crippen LogP contribution in [-0.4, -0.2) is 46.2 Å². The van der Waals surface area contributed by atoms with E-state index in [4.69, 9.17) is 5.11 Å². The van der Waals surface area contributed by atoms with E-state index in [0.29, 0.717) is 25.9 Å². The topological polar surface area (TPSA) is 89.9 Å². The third-order valence-electron chi connectivity index (χ3n) is 4.16. The van der Waals surface area contributed by atoms with Gasteiger partial charge in [0.05, 0.1) is 6.10 Å². The molecule has 1 aliphatic heterocycles. The first-order valence-electron chi connectivity index (χ1n) is 8.07. The molecule has 2 rings (SSSR count). The summed E-state index contributed by atoms with van der Waals surface area (Å²) in [4.78, 5) is 24.4. The number of urea groups is 1. The molecule has 23 heavy (non-hydrogen) atoms. The number of carbonyl (C=O) groups is 2. The van der Waals surface area contributed by atoms with Crippen molar-refractivity contribution in [3.8, 4) is 0 Å². The molecule has 6 nitrogen and oxygen atoms in total. The highest BCUT2D eigenvalue weighted by atomic mass is 16.4. The van der Waals surface area contributed by atoms with Gasteiger partial charge in [0.15, 0.2) is 0 Å². The number of carbonyl (C=O) groups excluding carboxylic acids is 1. The first-order chi connectivity index (χ1) is 11.1. The molecule has 1 aliphatic rings. The number of hydrogen-bond donors (Lipinski definition) is 3. The molecule has 1 saturated heterocycles. The lowest BCUT2D eigenvalue weighted by molar-refractivity contribution is -0.137. The summed E-state index contributed by atoms with van der Waals surface area (Å²) in [6.07, 6.45) is 2.22. The Morgan fingerprint density at radius 1 is 1.30 bits per heavy atom. The fourth-order valence-corrected chi connectivity index (χ4v) is 2.95. The largest absolute Gasteiger partial charge is 0.481 e. The number of amides is 2. The lowest BCUT2D eigenvalue weighted by Gasteiger charge is -2.27. The average molecular weight is 320 g/mol. The molecule has 0 radical (unpaired) electrons. The van der Waals surface area contributed by atoms with E-state index in [9.17, 15) is 14.7 Å². The molecule has 1 aromatic rings. The van der Waals surface area contributed by atoms with Crippen molar-refractivity contribution < 1.29 is 19.8 Å². The predicted molar refractivity (Wildman–Crippen MR) is 86.0 cm³/mol. The number of likely N-dealkylation sites (tertiary alicyclic amines) is 1. The van der Waals surface area contributed by atoms with Crippen molar-refractivity contribution >= 4 is 12.0 Å². The van der Waals surface area contributed by atoms with Crippen molar-refractivity contribution in [3.63, 3.8) is 0 Å². The molecular weight excluding hydrogens is 296 g/mol. The standard InChI is InChI=1S/C17H24N2O4/c20-15(13-6-2-1-3-7-13)12-14-8-5-11-19(14)17(23)18-10-4-9-16(21)22/h1-3,6-7,14-15,20H,4-5,8-12H2,(H,18,23)(H,21,22). The number of carboxylic acids is 1. The Balaban J connectivity index is 1.82. The van der Waals surface area contributed by atoms with Crippen LogP contribution in [0.25, 0.3) is 0 Å². The van der Waals surface area contributed by atoms with Crippen molar-refractivity contribution in [2.45, 2.75) is 44.2 Å². The molecular formula is C17H24N2O4. The van der Waals surface area contributed by atoms with Crippen LogP contribution in [0.4, 0.5) is 4.79 Å². The molecule has 1 aromatic carbocycles. The summed E-state index contributed by atoms with van der Waals surface area (Å²) in [5.74, 6) is -0.857. The number of aliphatic hydroxyl groups excluding tert-OH is 1. The van der Waals surface area contributed by atoms with Crippen molar-refractivity contribution in [3.05, 3.63) is 35.9 Å². The molecule has 1 heterocycles. The zero-order chi connectivity index (χ0) is 16.7. The van der Waals surface area contributed by atoms with E-state index in [1.54, 1.807) is 4.90 Å². The van der Waals surface area contributed by atoms with Crippen molar-refractivity contribution in [1.82, 2.24) is 10.2 Å². The molecule has 0 aromatic heterocycles. The number of rotatable bonds is 7. The Morgan fingerprint density at radius 3 is 2.74 bits per heavy atom. The predicted octanol–water partition coefficient (Wildman–Crippen LogP) is 2.15. The minimum absolute atomic E-state index is 0.0182. The Labute approximate surface area is 136 Å². The minimum atomic E-state index is -0.857. The second-order valence-corrected chi connectivity index (χ2v) is 5.88. The van der Waals surface area contributed by atoms with Crippen LogP contribution in [0, 0.1) is 0 Å². The normalized spacial score (nSPS) is 18.7. The number of hydrogen-bond acceptors (Lipinski definition) is 3. The monoisotopic (exact) mass is 320 g/mol. The van der Waals surface area contributed by atoms with Gasteiger partial charge in [0.2, 0.25) is 0 Å². The molecule has 2 atom stereocenters. The molecule has 2 amide bonds. The van der Waals surface area contributed by atoms with Gasteiger partial charge in [-0.3, -0.25) is 4.79 Å². The number of aliphatic hydroxyl groups is 1. The lowest BCUT2D eigenvalue weighted by atomic mass is 10.0. The number of aliphatic carboxylic acids is 1. The maximum absolute atomic E-state index is 12.2. The second-order valence-electron chi connectivity index (χ2n) is 5.88. The lowest BCUT2D eigenvalue weighted by Crippen LogP contribution is -2.43. The van der Waals surface area contributed by atoms with E-state index in [-0.39, 0.29) is 18.5 Å². The summed E-state index contributed by atoms with van der Waals surface area (Å²) >= 11 is 0. The summed E-state index contributed by atoms with van der Waals surface area (Å²) in [6.45, 7) is 1.03. The van der Waals surface area contributed by atoms with E-state index >= 15 is 0 Å². The van der Waals surface area contributed by atoms with Crippen LogP contribution < -0.4 is 5.32 Å². The van der Waals surface area contributed by atoms with Crippen LogP contribution in [0.3, 0.4) is 0 Å². The molecule has 0 bridgehead atoms. The summed E-state index contributed by atoms with van der Waals surface area (Å²) in [5, 5.41) is 21.7. The van der Waals surface area contributed by atoms with Gasteiger partial charge in [-0.05, 0) is 31.2 Å². The third kappa shape index (κ3) is 5.25. The van der Waals surface area contributed by atoms with Crippen LogP contribution in [0.2, 0.25) is 0 Å². The van der Waals surface area contributed by atoms with Crippen LogP contribution in [0.1, 0.15) is 43.8 Å². The molecule has 1 fully saturated rings. The summed E-state index contributed by atoms with van der Waals surface area (Å²) < 4.78 is 0. The van der Waals surface area contributed by atoms with Gasteiger partial charge in [0.25, 0.3) is 0 Å². The Hall–Kier alpha value is -2.08. The van der Waals surface area contributed by atoms with Gasteiger partial charge in [-0.2, -0.15) is 0 Å². The van der Waals surface area contributed by atoms with Gasteiger partial charge >= 0.3 is 12.0 Å². The highest BCUT2D eigenvalue weighted by Gasteiger charge is 2.30. The van der Waals surface area contributed by atoms with E-state index < -0.39 is 12.1 Å². The van der Waals surface area contributed by atoms with Crippen molar-refractivity contribution in [2.75, 3.05) is 13.1 Å². The Bertz CT molecular complexity index is 521. The molecule has 6 heteroatoms. The first-order valence-corrected chi connectivity index (χ1v) is 8.07. The van der Waals surface area contributed by atoms with E-state index in [0.717, 1.165) is 18.4 Å². The molecule has 0 aliphatic carbocycles. The number of nitrogens with one attached hydrogen (secondary N) is 1. The minimum Gasteiger partial charge on any atom is -0.481 e. The fourth-order valence-electron chi connectivity index (χ4n) is 2.95. The number of nitrogens with zero attached hydrogens (tertiary/aromatic N) is 1. The highest BCUT2D eigenvalue weighted by molar-refractivity contribution is 5.75. The van der Waals surface area contributed by atoms with Crippen molar-refractivity contribution in [2.24, 2.45) is 0 Å². The van der Waals surface area contributed by atoms with E-state index in [1.807, 2.05) is 30.3 Å². The van der Waals surface area contributed by atoms with Crippen LogP contribution in [-0.2, 0) is 4.79 Å². The van der Waals surface area contributed by atoms with Gasteiger partial charge in [-0.15, -0.1) is 0 Å². The zero-order valence-corrected chi connectivity index (χ0v) is 13.1. The molecule has 0 spiro atoms. The van der Waals surface area contributed by atoms with Gasteiger partial charge in [0.1, 0.15) is 0 Å². The van der Waals surface area contributed by atoms with Gasteiger partial charge in [0, 0.05) is 25.6 Å². The van der Waals surface area contributed by atoms with Gasteiger partial charge < -0.3 is 20.4 Å². The van der Waals surface area contributed by atoms with Crippen LogP contribution >= 0.6 is 0 Å². The highest BCUT2D eigenvalue weighted by Crippen LogP contribution is 2.27. The first kappa shape index (κ1) is 17.3. The maximum atomic E-state index is 12.2. The SMILES string of the molecule is O=C(O)CCCNC(=O)N1CCCC1CC(O)c1ccccc1. The summed E-state index contributed by atoms with van der Waals surface area (Å²) in [5.41, 5.74) is 0.862. The molecule has 3 N–H and O–H groups in total. The average Bonchev–Trinajstić information content (AvgIpc) is 3.00. The molecule has 0 saturated carbocycles. The van der Waals surface area contributed by atoms with Gasteiger partial charge in [-0.25, -0.2) is 4.79 Å². The van der Waals surface area contributed by atoms with Gasteiger partial charge in [-0.1, -0.05) is 30.3 Å². The Morgan fingerprint density at radius 2 is 2.04 bits per heavy atom. The number of carboxylic acid groups (broad SMARTS) is 1. The quantitative estimate of drug-likeness (QED) is 0.672.